The molecule has 3 nitrogen and oxygen atoms in total. The fraction of sp³-hybridized carbons (Fsp3) is 0.111. The molecule has 0 saturated carbocycles. The molecule has 0 saturated heterocycles. The lowest BCUT2D eigenvalue weighted by Crippen LogP contribution is -2.17. The molecule has 0 aliphatic rings. The Kier molecular flexibility index (Phi) is 5.51. The zero-order valence-corrected chi connectivity index (χ0v) is 14.9. The first kappa shape index (κ1) is 17.0. The number of alkyl halides is 1. The van der Waals surface area contributed by atoms with E-state index >= 15 is 0 Å². The summed E-state index contributed by atoms with van der Waals surface area (Å²) in [6.45, 7) is 0. The molecule has 1 N–H and O–H groups in total. The Bertz CT molecular complexity index is 819. The number of halogens is 2. The number of hydrogen-bond donors (Lipinski definition) is 1. The first-order chi connectivity index (χ1) is 11.6. The SMILES string of the molecule is O=C(Nc1ncc(Cc2ccc(Cl)cc2)s1)C(Cl)c1ccccc1. The highest BCUT2D eigenvalue weighted by Crippen LogP contribution is 2.25. The van der Waals surface area contributed by atoms with Gasteiger partial charge in [-0.05, 0) is 23.3 Å². The van der Waals surface area contributed by atoms with Gasteiger partial charge in [-0.15, -0.1) is 22.9 Å². The zero-order chi connectivity index (χ0) is 16.9. The van der Waals surface area contributed by atoms with Crippen molar-refractivity contribution in [1.82, 2.24) is 4.98 Å². The van der Waals surface area contributed by atoms with E-state index in [0.717, 1.165) is 22.4 Å². The van der Waals surface area contributed by atoms with Gasteiger partial charge in [-0.2, -0.15) is 0 Å². The number of hydrogen-bond acceptors (Lipinski definition) is 3. The third kappa shape index (κ3) is 4.35. The Hall–Kier alpha value is -1.88. The Morgan fingerprint density at radius 1 is 1.12 bits per heavy atom. The van der Waals surface area contributed by atoms with Gasteiger partial charge in [0.05, 0.1) is 0 Å². The number of anilines is 1. The van der Waals surface area contributed by atoms with Crippen molar-refractivity contribution >= 4 is 45.6 Å². The maximum atomic E-state index is 12.2. The molecule has 3 aromatic rings. The van der Waals surface area contributed by atoms with E-state index in [2.05, 4.69) is 10.3 Å². The minimum atomic E-state index is -0.741. The molecule has 1 unspecified atom stereocenters. The normalized spacial score (nSPS) is 11.9. The molecule has 1 heterocycles. The summed E-state index contributed by atoms with van der Waals surface area (Å²) in [7, 11) is 0. The number of amides is 1. The summed E-state index contributed by atoms with van der Waals surface area (Å²) < 4.78 is 0. The van der Waals surface area contributed by atoms with Crippen molar-refractivity contribution in [3.05, 3.63) is 81.8 Å². The second kappa shape index (κ2) is 7.79. The summed E-state index contributed by atoms with van der Waals surface area (Å²) in [5.74, 6) is -0.282. The number of carbonyl (C=O) groups excluding carboxylic acids is 1. The van der Waals surface area contributed by atoms with Crippen LogP contribution >= 0.6 is 34.5 Å². The second-order valence-electron chi connectivity index (χ2n) is 5.20. The molecule has 1 aromatic heterocycles. The second-order valence-corrected chi connectivity index (χ2v) is 7.19. The summed E-state index contributed by atoms with van der Waals surface area (Å²) in [6.07, 6.45) is 2.51. The van der Waals surface area contributed by atoms with Crippen molar-refractivity contribution < 1.29 is 4.79 Å². The summed E-state index contributed by atoms with van der Waals surface area (Å²) >= 11 is 13.5. The predicted octanol–water partition coefficient (Wildman–Crippen LogP) is 5.31. The van der Waals surface area contributed by atoms with Crippen LogP contribution in [0.1, 0.15) is 21.4 Å². The van der Waals surface area contributed by atoms with Gasteiger partial charge in [0.1, 0.15) is 5.38 Å². The van der Waals surface area contributed by atoms with Crippen LogP contribution < -0.4 is 5.32 Å². The Balaban J connectivity index is 1.63. The highest BCUT2D eigenvalue weighted by molar-refractivity contribution is 7.15. The van der Waals surface area contributed by atoms with Gasteiger partial charge < -0.3 is 5.32 Å². The average molecular weight is 377 g/mol. The van der Waals surface area contributed by atoms with Crippen molar-refractivity contribution in [2.24, 2.45) is 0 Å². The molecule has 0 bridgehead atoms. The molecule has 0 fully saturated rings. The van der Waals surface area contributed by atoms with E-state index in [1.807, 2.05) is 54.6 Å². The van der Waals surface area contributed by atoms with E-state index in [0.29, 0.717) is 10.2 Å². The number of nitrogens with one attached hydrogen (secondary N) is 1. The maximum Gasteiger partial charge on any atom is 0.248 e. The van der Waals surface area contributed by atoms with Crippen LogP contribution in [0.3, 0.4) is 0 Å². The summed E-state index contributed by atoms with van der Waals surface area (Å²) in [5.41, 5.74) is 1.90. The lowest BCUT2D eigenvalue weighted by molar-refractivity contribution is -0.116. The van der Waals surface area contributed by atoms with Crippen LogP contribution in [0, 0.1) is 0 Å². The Morgan fingerprint density at radius 3 is 2.54 bits per heavy atom. The largest absolute Gasteiger partial charge is 0.300 e. The van der Waals surface area contributed by atoms with Crippen molar-refractivity contribution in [3.8, 4) is 0 Å². The molecule has 0 radical (unpaired) electrons. The highest BCUT2D eigenvalue weighted by atomic mass is 35.5. The van der Waals surface area contributed by atoms with Gasteiger partial charge in [0.25, 0.3) is 0 Å². The highest BCUT2D eigenvalue weighted by Gasteiger charge is 2.18. The monoisotopic (exact) mass is 376 g/mol. The zero-order valence-electron chi connectivity index (χ0n) is 12.6. The molecular weight excluding hydrogens is 363 g/mol. The number of nitrogens with zero attached hydrogens (tertiary/aromatic N) is 1. The molecule has 0 spiro atoms. The number of thiazole rings is 1. The van der Waals surface area contributed by atoms with Crippen LogP contribution in [0.15, 0.2) is 60.8 Å². The predicted molar refractivity (Wildman–Crippen MR) is 100 cm³/mol. The molecule has 0 aliphatic heterocycles. The van der Waals surface area contributed by atoms with Crippen LogP contribution in [0.4, 0.5) is 5.13 Å². The molecule has 1 amide bonds. The van der Waals surface area contributed by atoms with Crippen LogP contribution in [0.5, 0.6) is 0 Å². The fourth-order valence-electron chi connectivity index (χ4n) is 2.19. The third-order valence-corrected chi connectivity index (χ3v) is 5.01. The fourth-order valence-corrected chi connectivity index (χ4v) is 3.37. The first-order valence-electron chi connectivity index (χ1n) is 7.31. The Labute approximate surface area is 154 Å². The van der Waals surface area contributed by atoms with Crippen molar-refractivity contribution in [2.45, 2.75) is 11.8 Å². The van der Waals surface area contributed by atoms with Crippen LogP contribution in [-0.4, -0.2) is 10.9 Å². The van der Waals surface area contributed by atoms with E-state index < -0.39 is 5.38 Å². The molecule has 122 valence electrons. The van der Waals surface area contributed by atoms with Crippen LogP contribution in [-0.2, 0) is 11.2 Å². The average Bonchev–Trinajstić information content (AvgIpc) is 3.04. The smallest absolute Gasteiger partial charge is 0.248 e. The van der Waals surface area contributed by atoms with E-state index in [4.69, 9.17) is 23.2 Å². The van der Waals surface area contributed by atoms with Gasteiger partial charge in [0.2, 0.25) is 5.91 Å². The number of carbonyl (C=O) groups is 1. The van der Waals surface area contributed by atoms with Crippen LogP contribution in [0.25, 0.3) is 0 Å². The van der Waals surface area contributed by atoms with Crippen molar-refractivity contribution in [3.63, 3.8) is 0 Å². The van der Waals surface area contributed by atoms with Gasteiger partial charge in [-0.3, -0.25) is 4.79 Å². The summed E-state index contributed by atoms with van der Waals surface area (Å²) in [5, 5.41) is 3.29. The van der Waals surface area contributed by atoms with Gasteiger partial charge in [-0.1, -0.05) is 54.1 Å². The topological polar surface area (TPSA) is 42.0 Å². The van der Waals surface area contributed by atoms with E-state index in [1.165, 1.54) is 11.3 Å². The molecule has 24 heavy (non-hydrogen) atoms. The van der Waals surface area contributed by atoms with E-state index in [-0.39, 0.29) is 5.91 Å². The molecule has 0 aliphatic carbocycles. The van der Waals surface area contributed by atoms with E-state index in [1.54, 1.807) is 6.20 Å². The van der Waals surface area contributed by atoms with Crippen molar-refractivity contribution in [2.75, 3.05) is 5.32 Å². The van der Waals surface area contributed by atoms with Crippen molar-refractivity contribution in [1.29, 1.82) is 0 Å². The standard InChI is InChI=1S/C18H14Cl2N2OS/c19-14-8-6-12(7-9-14)10-15-11-21-18(24-15)22-17(23)16(20)13-4-2-1-3-5-13/h1-9,11,16H,10H2,(H,21,22,23). The number of rotatable bonds is 5. The lowest BCUT2D eigenvalue weighted by atomic mass is 10.1. The third-order valence-electron chi connectivity index (χ3n) is 3.40. The molecule has 6 heteroatoms. The van der Waals surface area contributed by atoms with Crippen LogP contribution in [0.2, 0.25) is 5.02 Å². The lowest BCUT2D eigenvalue weighted by Gasteiger charge is -2.08. The van der Waals surface area contributed by atoms with Gasteiger partial charge in [0.15, 0.2) is 5.13 Å². The molecule has 2 aromatic carbocycles. The summed E-state index contributed by atoms with van der Waals surface area (Å²) in [6, 6.07) is 16.9. The van der Waals surface area contributed by atoms with Gasteiger partial charge in [-0.25, -0.2) is 4.98 Å². The minimum absolute atomic E-state index is 0.282. The maximum absolute atomic E-state index is 12.2. The molecule has 3 rings (SSSR count). The van der Waals surface area contributed by atoms with E-state index in [9.17, 15) is 4.79 Å². The summed E-state index contributed by atoms with van der Waals surface area (Å²) in [4.78, 5) is 17.5. The number of aromatic nitrogens is 1. The molecular formula is C18H14Cl2N2OS. The Morgan fingerprint density at radius 2 is 1.83 bits per heavy atom. The van der Waals surface area contributed by atoms with Gasteiger partial charge >= 0.3 is 0 Å². The molecule has 1 atom stereocenters. The minimum Gasteiger partial charge on any atom is -0.300 e. The quantitative estimate of drug-likeness (QED) is 0.613. The van der Waals surface area contributed by atoms with Gasteiger partial charge in [0, 0.05) is 22.5 Å². The first-order valence-corrected chi connectivity index (χ1v) is 8.94. The number of benzene rings is 2.